The van der Waals surface area contributed by atoms with Crippen LogP contribution in [0.2, 0.25) is 0 Å². The zero-order valence-corrected chi connectivity index (χ0v) is 19.1. The lowest BCUT2D eigenvalue weighted by molar-refractivity contribution is -0.116. The van der Waals surface area contributed by atoms with E-state index in [0.29, 0.717) is 18.6 Å². The van der Waals surface area contributed by atoms with Crippen molar-refractivity contribution >= 4 is 11.6 Å². The van der Waals surface area contributed by atoms with E-state index in [1.165, 1.54) is 11.1 Å². The highest BCUT2D eigenvalue weighted by Crippen LogP contribution is 2.29. The Morgan fingerprint density at radius 1 is 1.00 bits per heavy atom. The number of aromatic hydroxyl groups is 1. The van der Waals surface area contributed by atoms with Crippen LogP contribution in [0, 0.1) is 0 Å². The van der Waals surface area contributed by atoms with Gasteiger partial charge in [-0.1, -0.05) is 30.3 Å². The summed E-state index contributed by atoms with van der Waals surface area (Å²) >= 11 is 0. The summed E-state index contributed by atoms with van der Waals surface area (Å²) in [7, 11) is 3.19. The van der Waals surface area contributed by atoms with Crippen molar-refractivity contribution < 1.29 is 19.4 Å². The van der Waals surface area contributed by atoms with E-state index < -0.39 is 0 Å². The number of hydrogen-bond acceptors (Lipinski definition) is 5. The van der Waals surface area contributed by atoms with Gasteiger partial charge in [0.15, 0.2) is 11.5 Å². The zero-order valence-electron chi connectivity index (χ0n) is 19.1. The third kappa shape index (κ3) is 5.65. The summed E-state index contributed by atoms with van der Waals surface area (Å²) in [6, 6.07) is 19.5. The number of phenolic OH excluding ortho intramolecular Hbond substituents is 1. The molecule has 6 heteroatoms. The molecule has 1 aliphatic rings. The number of para-hydroxylation sites is 1. The van der Waals surface area contributed by atoms with Gasteiger partial charge in [0.1, 0.15) is 5.75 Å². The number of ether oxygens (including phenoxy) is 2. The average Bonchev–Trinajstić information content (AvgIpc) is 2.83. The van der Waals surface area contributed by atoms with Gasteiger partial charge in [0, 0.05) is 31.7 Å². The number of hydrogen-bond donors (Lipinski definition) is 2. The van der Waals surface area contributed by atoms with Gasteiger partial charge >= 0.3 is 0 Å². The summed E-state index contributed by atoms with van der Waals surface area (Å²) in [5.41, 5.74) is 5.43. The second-order valence-electron chi connectivity index (χ2n) is 8.31. The fourth-order valence-corrected chi connectivity index (χ4v) is 4.30. The van der Waals surface area contributed by atoms with E-state index in [9.17, 15) is 9.90 Å². The molecule has 4 rings (SSSR count). The third-order valence-corrected chi connectivity index (χ3v) is 6.04. The minimum Gasteiger partial charge on any atom is -0.504 e. The summed E-state index contributed by atoms with van der Waals surface area (Å²) in [6.07, 6.45) is 1.98. The first kappa shape index (κ1) is 22.7. The predicted molar refractivity (Wildman–Crippen MR) is 129 cm³/mol. The Labute approximate surface area is 194 Å². The molecule has 3 aromatic carbocycles. The highest BCUT2D eigenvalue weighted by Gasteiger charge is 2.18. The molecule has 0 saturated carbocycles. The number of carbonyl (C=O) groups excluding carboxylic acids is 1. The summed E-state index contributed by atoms with van der Waals surface area (Å²) in [5.74, 6) is 1.44. The molecule has 0 fully saturated rings. The van der Waals surface area contributed by atoms with Gasteiger partial charge in [-0.25, -0.2) is 0 Å². The maximum Gasteiger partial charge on any atom is 0.224 e. The second-order valence-corrected chi connectivity index (χ2v) is 8.31. The van der Waals surface area contributed by atoms with Crippen LogP contribution in [0.5, 0.6) is 17.2 Å². The maximum atomic E-state index is 12.5. The molecular formula is C27H30N2O4. The number of phenols is 1. The van der Waals surface area contributed by atoms with Crippen LogP contribution in [0.25, 0.3) is 0 Å². The van der Waals surface area contributed by atoms with Crippen molar-refractivity contribution in [2.45, 2.75) is 32.4 Å². The molecule has 3 aromatic rings. The number of methoxy groups -OCH3 is 2. The maximum absolute atomic E-state index is 12.5. The largest absolute Gasteiger partial charge is 0.504 e. The molecule has 2 N–H and O–H groups in total. The van der Waals surface area contributed by atoms with Crippen molar-refractivity contribution in [2.75, 3.05) is 26.1 Å². The Balaban J connectivity index is 1.36. The number of fused-ring (bicyclic) bond motifs is 1. The van der Waals surface area contributed by atoms with Gasteiger partial charge in [0.2, 0.25) is 5.91 Å². The van der Waals surface area contributed by atoms with E-state index in [1.54, 1.807) is 26.4 Å². The quantitative estimate of drug-likeness (QED) is 0.532. The smallest absolute Gasteiger partial charge is 0.224 e. The molecule has 0 saturated heterocycles. The van der Waals surface area contributed by atoms with Gasteiger partial charge in [-0.15, -0.1) is 0 Å². The molecule has 0 aliphatic carbocycles. The van der Waals surface area contributed by atoms with Crippen LogP contribution < -0.4 is 14.8 Å². The normalized spacial score (nSPS) is 13.3. The number of carbonyl (C=O) groups is 1. The summed E-state index contributed by atoms with van der Waals surface area (Å²) in [4.78, 5) is 14.9. The number of amides is 1. The standard InChI is InChI=1S/C27H30N2O4/c1-32-25-6-4-3-5-21(25)9-12-27(31)28-23-10-8-20-13-14-29(18-22(20)16-23)17-19-7-11-26(33-2)24(30)15-19/h3-8,10-11,15-16,30H,9,12-14,17-18H2,1-2H3,(H,28,31). The topological polar surface area (TPSA) is 71.0 Å². The van der Waals surface area contributed by atoms with Crippen LogP contribution in [0.3, 0.4) is 0 Å². The Hall–Kier alpha value is -3.51. The number of aryl methyl sites for hydroxylation is 1. The molecule has 1 aliphatic heterocycles. The van der Waals surface area contributed by atoms with Crippen molar-refractivity contribution in [2.24, 2.45) is 0 Å². The summed E-state index contributed by atoms with van der Waals surface area (Å²) in [6.45, 7) is 2.49. The lowest BCUT2D eigenvalue weighted by atomic mass is 9.98. The monoisotopic (exact) mass is 446 g/mol. The molecule has 0 aromatic heterocycles. The van der Waals surface area contributed by atoms with Gasteiger partial charge in [0.05, 0.1) is 14.2 Å². The van der Waals surface area contributed by atoms with E-state index in [4.69, 9.17) is 9.47 Å². The van der Waals surface area contributed by atoms with Gasteiger partial charge in [-0.3, -0.25) is 9.69 Å². The minimum absolute atomic E-state index is 0.0118. The number of nitrogens with zero attached hydrogens (tertiary/aromatic N) is 1. The van der Waals surface area contributed by atoms with E-state index in [1.807, 2.05) is 36.4 Å². The van der Waals surface area contributed by atoms with Crippen molar-refractivity contribution in [3.8, 4) is 17.2 Å². The summed E-state index contributed by atoms with van der Waals surface area (Å²) < 4.78 is 10.5. The lowest BCUT2D eigenvalue weighted by Crippen LogP contribution is -2.30. The number of nitrogens with one attached hydrogen (secondary N) is 1. The first-order valence-corrected chi connectivity index (χ1v) is 11.2. The van der Waals surface area contributed by atoms with Crippen molar-refractivity contribution in [3.63, 3.8) is 0 Å². The average molecular weight is 447 g/mol. The van der Waals surface area contributed by atoms with Crippen molar-refractivity contribution in [3.05, 3.63) is 82.9 Å². The van der Waals surface area contributed by atoms with E-state index >= 15 is 0 Å². The minimum atomic E-state index is -0.0118. The second kappa shape index (κ2) is 10.4. The van der Waals surface area contributed by atoms with Crippen LogP contribution in [-0.4, -0.2) is 36.7 Å². The van der Waals surface area contributed by atoms with Gasteiger partial charge in [-0.05, 0) is 65.4 Å². The molecule has 0 bridgehead atoms. The Morgan fingerprint density at radius 3 is 2.61 bits per heavy atom. The lowest BCUT2D eigenvalue weighted by Gasteiger charge is -2.29. The summed E-state index contributed by atoms with van der Waals surface area (Å²) in [5, 5.41) is 13.1. The number of anilines is 1. The van der Waals surface area contributed by atoms with Crippen LogP contribution in [0.4, 0.5) is 5.69 Å². The van der Waals surface area contributed by atoms with Crippen LogP contribution >= 0.6 is 0 Å². The van der Waals surface area contributed by atoms with Gasteiger partial charge < -0.3 is 19.9 Å². The molecule has 33 heavy (non-hydrogen) atoms. The molecule has 0 radical (unpaired) electrons. The molecule has 1 amide bonds. The first-order chi connectivity index (χ1) is 16.1. The van der Waals surface area contributed by atoms with E-state index in [0.717, 1.165) is 48.6 Å². The molecule has 1 heterocycles. The van der Waals surface area contributed by atoms with Gasteiger partial charge in [0.25, 0.3) is 0 Å². The number of rotatable bonds is 8. The van der Waals surface area contributed by atoms with Crippen molar-refractivity contribution in [1.82, 2.24) is 4.90 Å². The molecule has 0 atom stereocenters. The third-order valence-electron chi connectivity index (χ3n) is 6.04. The van der Waals surface area contributed by atoms with Crippen LogP contribution in [0.1, 0.15) is 28.7 Å². The predicted octanol–water partition coefficient (Wildman–Crippen LogP) is 4.54. The first-order valence-electron chi connectivity index (χ1n) is 11.2. The van der Waals surface area contributed by atoms with E-state index in [-0.39, 0.29) is 11.7 Å². The molecule has 172 valence electrons. The Bertz CT molecular complexity index is 1130. The molecule has 0 unspecified atom stereocenters. The van der Waals surface area contributed by atoms with Gasteiger partial charge in [-0.2, -0.15) is 0 Å². The Morgan fingerprint density at radius 2 is 1.82 bits per heavy atom. The fraction of sp³-hybridized carbons (Fsp3) is 0.296. The zero-order chi connectivity index (χ0) is 23.2. The van der Waals surface area contributed by atoms with E-state index in [2.05, 4.69) is 22.3 Å². The van der Waals surface area contributed by atoms with Crippen LogP contribution in [-0.2, 0) is 30.7 Å². The van der Waals surface area contributed by atoms with Crippen molar-refractivity contribution in [1.29, 1.82) is 0 Å². The Kier molecular flexibility index (Phi) is 7.15. The SMILES string of the molecule is COc1ccc(CN2CCc3ccc(NC(=O)CCc4ccccc4OC)cc3C2)cc1O. The molecule has 6 nitrogen and oxygen atoms in total. The molecule has 0 spiro atoms. The fourth-order valence-electron chi connectivity index (χ4n) is 4.30. The highest BCUT2D eigenvalue weighted by molar-refractivity contribution is 5.91. The molecular weight excluding hydrogens is 416 g/mol. The number of benzene rings is 3. The highest BCUT2D eigenvalue weighted by atomic mass is 16.5. The van der Waals surface area contributed by atoms with Crippen LogP contribution in [0.15, 0.2) is 60.7 Å².